The van der Waals surface area contributed by atoms with E-state index in [1.165, 1.54) is 6.33 Å². The van der Waals surface area contributed by atoms with Crippen molar-refractivity contribution in [3.05, 3.63) is 72.4 Å². The van der Waals surface area contributed by atoms with Crippen LogP contribution in [0.3, 0.4) is 0 Å². The van der Waals surface area contributed by atoms with Crippen LogP contribution in [-0.2, 0) is 0 Å². The second-order valence-corrected chi connectivity index (χ2v) is 6.04. The highest BCUT2D eigenvalue weighted by Crippen LogP contribution is 2.34. The lowest BCUT2D eigenvalue weighted by molar-refractivity contribution is 0.356. The molecule has 4 rings (SSSR count). The first-order valence-corrected chi connectivity index (χ1v) is 8.72. The molecule has 140 valence electrons. The fourth-order valence-corrected chi connectivity index (χ4v) is 2.86. The lowest BCUT2D eigenvalue weighted by Gasteiger charge is -2.12. The molecule has 2 aromatic heterocycles. The van der Waals surface area contributed by atoms with E-state index in [4.69, 9.17) is 13.9 Å². The molecule has 0 unspecified atom stereocenters. The van der Waals surface area contributed by atoms with Crippen LogP contribution in [0.15, 0.2) is 65.5 Å². The predicted molar refractivity (Wildman–Crippen MR) is 110 cm³/mol. The SMILES string of the molecule is COc1cc2ncnc(Nc3ccc(/C=C/c4ccco4)cc3)c2cc1OC. The highest BCUT2D eigenvalue weighted by Gasteiger charge is 2.11. The van der Waals surface area contributed by atoms with Crippen molar-refractivity contribution in [1.82, 2.24) is 9.97 Å². The Balaban J connectivity index is 1.59. The topological polar surface area (TPSA) is 69.4 Å². The molecule has 0 aliphatic carbocycles. The van der Waals surface area contributed by atoms with Gasteiger partial charge in [0, 0.05) is 17.1 Å². The number of furan rings is 1. The van der Waals surface area contributed by atoms with Gasteiger partial charge in [-0.05, 0) is 42.0 Å². The van der Waals surface area contributed by atoms with Crippen LogP contribution >= 0.6 is 0 Å². The van der Waals surface area contributed by atoms with E-state index in [0.29, 0.717) is 17.3 Å². The summed E-state index contributed by atoms with van der Waals surface area (Å²) in [4.78, 5) is 8.71. The van der Waals surface area contributed by atoms with Gasteiger partial charge in [-0.15, -0.1) is 0 Å². The van der Waals surface area contributed by atoms with Gasteiger partial charge in [0.2, 0.25) is 0 Å². The minimum absolute atomic E-state index is 0.631. The molecule has 2 aromatic carbocycles. The Morgan fingerprint density at radius 1 is 0.929 bits per heavy atom. The van der Waals surface area contributed by atoms with Gasteiger partial charge < -0.3 is 19.2 Å². The van der Waals surface area contributed by atoms with E-state index in [9.17, 15) is 0 Å². The van der Waals surface area contributed by atoms with Gasteiger partial charge >= 0.3 is 0 Å². The predicted octanol–water partition coefficient (Wildman–Crippen LogP) is 5.15. The van der Waals surface area contributed by atoms with Crippen LogP contribution in [0.5, 0.6) is 11.5 Å². The van der Waals surface area contributed by atoms with Crippen molar-refractivity contribution in [1.29, 1.82) is 0 Å². The number of rotatable bonds is 6. The summed E-state index contributed by atoms with van der Waals surface area (Å²) >= 11 is 0. The first kappa shape index (κ1) is 17.6. The fourth-order valence-electron chi connectivity index (χ4n) is 2.86. The Morgan fingerprint density at radius 2 is 1.71 bits per heavy atom. The Hall–Kier alpha value is -3.80. The molecule has 0 saturated carbocycles. The van der Waals surface area contributed by atoms with Gasteiger partial charge in [0.15, 0.2) is 11.5 Å². The minimum Gasteiger partial charge on any atom is -0.493 e. The van der Waals surface area contributed by atoms with Crippen LogP contribution < -0.4 is 14.8 Å². The zero-order valence-corrected chi connectivity index (χ0v) is 15.5. The third-order valence-electron chi connectivity index (χ3n) is 4.30. The average Bonchev–Trinajstić information content (AvgIpc) is 3.26. The summed E-state index contributed by atoms with van der Waals surface area (Å²) in [6, 6.07) is 15.5. The second kappa shape index (κ2) is 7.84. The van der Waals surface area contributed by atoms with E-state index in [2.05, 4.69) is 15.3 Å². The Bertz CT molecular complexity index is 1100. The molecule has 0 amide bonds. The number of fused-ring (bicyclic) bond motifs is 1. The highest BCUT2D eigenvalue weighted by molar-refractivity contribution is 5.93. The summed E-state index contributed by atoms with van der Waals surface area (Å²) in [6.07, 6.45) is 7.11. The Morgan fingerprint density at radius 3 is 2.43 bits per heavy atom. The van der Waals surface area contributed by atoms with Crippen molar-refractivity contribution >= 4 is 34.6 Å². The van der Waals surface area contributed by atoms with Crippen molar-refractivity contribution in [2.75, 3.05) is 19.5 Å². The van der Waals surface area contributed by atoms with E-state index < -0.39 is 0 Å². The third kappa shape index (κ3) is 3.66. The number of nitrogens with zero attached hydrogens (tertiary/aromatic N) is 2. The first-order chi connectivity index (χ1) is 13.8. The zero-order valence-electron chi connectivity index (χ0n) is 15.5. The number of anilines is 2. The van der Waals surface area contributed by atoms with Gasteiger partial charge in [-0.25, -0.2) is 9.97 Å². The maximum absolute atomic E-state index is 5.40. The van der Waals surface area contributed by atoms with Crippen LogP contribution in [0.1, 0.15) is 11.3 Å². The lowest BCUT2D eigenvalue weighted by Crippen LogP contribution is -1.98. The van der Waals surface area contributed by atoms with E-state index >= 15 is 0 Å². The summed E-state index contributed by atoms with van der Waals surface area (Å²) in [5.41, 5.74) is 2.76. The Labute approximate surface area is 162 Å². The smallest absolute Gasteiger partial charge is 0.162 e. The summed E-state index contributed by atoms with van der Waals surface area (Å²) < 4.78 is 16.0. The van der Waals surface area contributed by atoms with E-state index in [0.717, 1.165) is 27.9 Å². The molecule has 6 nitrogen and oxygen atoms in total. The molecule has 0 spiro atoms. The van der Waals surface area contributed by atoms with E-state index in [1.807, 2.05) is 60.7 Å². The fraction of sp³-hybridized carbons (Fsp3) is 0.0909. The molecule has 0 aliphatic rings. The molecule has 4 aromatic rings. The lowest BCUT2D eigenvalue weighted by atomic mass is 10.1. The van der Waals surface area contributed by atoms with Gasteiger partial charge in [-0.1, -0.05) is 18.2 Å². The standard InChI is InChI=1S/C22H19N3O3/c1-26-20-12-18-19(13-21(20)27-2)23-14-24-22(18)25-16-8-5-15(6-9-16)7-10-17-4-3-11-28-17/h3-14H,1-2H3,(H,23,24,25)/b10-7+. The molecule has 0 bridgehead atoms. The van der Waals surface area contributed by atoms with Crippen molar-refractivity contribution in [2.45, 2.75) is 0 Å². The number of hydrogen-bond donors (Lipinski definition) is 1. The molecule has 0 saturated heterocycles. The largest absolute Gasteiger partial charge is 0.493 e. The number of nitrogens with one attached hydrogen (secondary N) is 1. The molecular formula is C22H19N3O3. The number of aromatic nitrogens is 2. The molecule has 0 atom stereocenters. The highest BCUT2D eigenvalue weighted by atomic mass is 16.5. The third-order valence-corrected chi connectivity index (χ3v) is 4.30. The second-order valence-electron chi connectivity index (χ2n) is 6.04. The molecular weight excluding hydrogens is 354 g/mol. The molecule has 1 N–H and O–H groups in total. The minimum atomic E-state index is 0.631. The van der Waals surface area contributed by atoms with Gasteiger partial charge in [0.25, 0.3) is 0 Å². The quantitative estimate of drug-likeness (QED) is 0.504. The zero-order chi connectivity index (χ0) is 19.3. The summed E-state index contributed by atoms with van der Waals surface area (Å²) in [6.45, 7) is 0. The number of methoxy groups -OCH3 is 2. The van der Waals surface area contributed by atoms with Crippen LogP contribution in [0, 0.1) is 0 Å². The maximum atomic E-state index is 5.40. The number of hydrogen-bond acceptors (Lipinski definition) is 6. The Kier molecular flexibility index (Phi) is 4.93. The molecule has 28 heavy (non-hydrogen) atoms. The molecule has 6 heteroatoms. The summed E-state index contributed by atoms with van der Waals surface area (Å²) in [5.74, 6) is 2.78. The normalized spacial score (nSPS) is 11.1. The van der Waals surface area contributed by atoms with E-state index in [-0.39, 0.29) is 0 Å². The van der Waals surface area contributed by atoms with Gasteiger partial charge in [0.1, 0.15) is 17.9 Å². The van der Waals surface area contributed by atoms with Gasteiger partial charge in [-0.2, -0.15) is 0 Å². The molecule has 0 aliphatic heterocycles. The maximum Gasteiger partial charge on any atom is 0.162 e. The molecule has 0 fully saturated rings. The van der Waals surface area contributed by atoms with Gasteiger partial charge in [0.05, 0.1) is 26.0 Å². The van der Waals surface area contributed by atoms with Crippen molar-refractivity contribution in [3.63, 3.8) is 0 Å². The summed E-state index contributed by atoms with van der Waals surface area (Å²) in [7, 11) is 3.21. The molecule has 2 heterocycles. The van der Waals surface area contributed by atoms with Crippen LogP contribution in [0.2, 0.25) is 0 Å². The van der Waals surface area contributed by atoms with Crippen LogP contribution in [0.4, 0.5) is 11.5 Å². The van der Waals surface area contributed by atoms with Crippen LogP contribution in [-0.4, -0.2) is 24.2 Å². The number of benzene rings is 2. The van der Waals surface area contributed by atoms with Crippen LogP contribution in [0.25, 0.3) is 23.1 Å². The number of ether oxygens (including phenoxy) is 2. The van der Waals surface area contributed by atoms with E-state index in [1.54, 1.807) is 20.5 Å². The van der Waals surface area contributed by atoms with Gasteiger partial charge in [-0.3, -0.25) is 0 Å². The summed E-state index contributed by atoms with van der Waals surface area (Å²) in [5, 5.41) is 4.19. The van der Waals surface area contributed by atoms with Crippen molar-refractivity contribution < 1.29 is 13.9 Å². The molecule has 0 radical (unpaired) electrons. The monoisotopic (exact) mass is 373 g/mol. The average molecular weight is 373 g/mol. The van der Waals surface area contributed by atoms with Crippen molar-refractivity contribution in [2.24, 2.45) is 0 Å². The first-order valence-electron chi connectivity index (χ1n) is 8.72. The van der Waals surface area contributed by atoms with Crippen molar-refractivity contribution in [3.8, 4) is 11.5 Å².